The van der Waals surface area contributed by atoms with Crippen molar-refractivity contribution in [2.75, 3.05) is 0 Å². The van der Waals surface area contributed by atoms with Gasteiger partial charge in [-0.15, -0.1) is 0 Å². The fourth-order valence-corrected chi connectivity index (χ4v) is 8.54. The maximum absolute atomic E-state index is 5.32. The molecule has 176 valence electrons. The summed E-state index contributed by atoms with van der Waals surface area (Å²) in [6, 6.07) is 43.1. The molecular formula is C34H26N2Si. The summed E-state index contributed by atoms with van der Waals surface area (Å²) < 4.78 is 0. The Labute approximate surface area is 218 Å². The first-order valence-electron chi connectivity index (χ1n) is 12.8. The molecule has 1 aliphatic heterocycles. The predicted molar refractivity (Wildman–Crippen MR) is 158 cm³/mol. The van der Waals surface area contributed by atoms with Gasteiger partial charge in [-0.05, 0) is 38.7 Å². The quantitative estimate of drug-likeness (QED) is 0.241. The Hall–Kier alpha value is -4.34. The van der Waals surface area contributed by atoms with Gasteiger partial charge in [0.05, 0.1) is 5.69 Å². The molecule has 0 amide bonds. The van der Waals surface area contributed by atoms with Crippen LogP contribution in [0.15, 0.2) is 121 Å². The van der Waals surface area contributed by atoms with Gasteiger partial charge in [0.25, 0.3) is 0 Å². The lowest BCUT2D eigenvalue weighted by Gasteiger charge is -2.19. The highest BCUT2D eigenvalue weighted by Gasteiger charge is 2.41. The van der Waals surface area contributed by atoms with Crippen LogP contribution in [-0.2, 0) is 0 Å². The average molecular weight is 491 g/mol. The van der Waals surface area contributed by atoms with Gasteiger partial charge in [-0.3, -0.25) is 0 Å². The van der Waals surface area contributed by atoms with Crippen molar-refractivity contribution < 1.29 is 0 Å². The van der Waals surface area contributed by atoms with Gasteiger partial charge in [-0.25, -0.2) is 9.97 Å². The Balaban J connectivity index is 1.46. The van der Waals surface area contributed by atoms with Gasteiger partial charge in [-0.2, -0.15) is 0 Å². The fourth-order valence-electron chi connectivity index (χ4n) is 5.64. The predicted octanol–water partition coefficient (Wildman–Crippen LogP) is 7.43. The van der Waals surface area contributed by atoms with Crippen LogP contribution >= 0.6 is 0 Å². The van der Waals surface area contributed by atoms with Crippen molar-refractivity contribution in [2.24, 2.45) is 0 Å². The molecule has 2 nitrogen and oxygen atoms in total. The SMILES string of the molecule is C[Si]1(C)c2cc3ccccc3cc2-c2c(-c3ccccc3)nc(-c3ccc(-c4ccccc4)cc3)nc21. The molecule has 0 atom stereocenters. The van der Waals surface area contributed by atoms with Crippen molar-refractivity contribution >= 4 is 29.4 Å². The van der Waals surface area contributed by atoms with Gasteiger partial charge in [0, 0.05) is 22.0 Å². The summed E-state index contributed by atoms with van der Waals surface area (Å²) in [5.74, 6) is 0.801. The minimum atomic E-state index is -2.04. The van der Waals surface area contributed by atoms with Crippen molar-refractivity contribution in [3.8, 4) is 44.9 Å². The summed E-state index contributed by atoms with van der Waals surface area (Å²) in [5, 5.41) is 5.23. The van der Waals surface area contributed by atoms with Crippen LogP contribution in [-0.4, -0.2) is 18.0 Å². The second-order valence-corrected chi connectivity index (χ2v) is 14.6. The topological polar surface area (TPSA) is 25.8 Å². The van der Waals surface area contributed by atoms with Gasteiger partial charge in [0.2, 0.25) is 0 Å². The van der Waals surface area contributed by atoms with E-state index in [-0.39, 0.29) is 0 Å². The van der Waals surface area contributed by atoms with Crippen LogP contribution in [0.1, 0.15) is 0 Å². The van der Waals surface area contributed by atoms with Gasteiger partial charge in [-0.1, -0.05) is 128 Å². The van der Waals surface area contributed by atoms with Gasteiger partial charge < -0.3 is 0 Å². The Kier molecular flexibility index (Phi) is 4.95. The lowest BCUT2D eigenvalue weighted by atomic mass is 9.98. The Morgan fingerprint density at radius 3 is 1.73 bits per heavy atom. The summed E-state index contributed by atoms with van der Waals surface area (Å²) in [5.41, 5.74) is 8.14. The molecule has 2 heterocycles. The van der Waals surface area contributed by atoms with E-state index in [1.807, 2.05) is 6.07 Å². The lowest BCUT2D eigenvalue weighted by molar-refractivity contribution is 1.21. The third-order valence-corrected chi connectivity index (χ3v) is 10.9. The molecule has 3 heteroatoms. The minimum absolute atomic E-state index is 0.801. The summed E-state index contributed by atoms with van der Waals surface area (Å²) in [4.78, 5) is 10.6. The maximum atomic E-state index is 5.32. The zero-order chi connectivity index (χ0) is 25.0. The Morgan fingerprint density at radius 2 is 1.05 bits per heavy atom. The molecule has 0 N–H and O–H groups in total. The van der Waals surface area contributed by atoms with Crippen LogP contribution < -0.4 is 10.5 Å². The van der Waals surface area contributed by atoms with Gasteiger partial charge >= 0.3 is 0 Å². The first kappa shape index (κ1) is 21.9. The van der Waals surface area contributed by atoms with E-state index in [1.54, 1.807) is 0 Å². The van der Waals surface area contributed by atoms with E-state index in [2.05, 4.69) is 128 Å². The number of fused-ring (bicyclic) bond motifs is 4. The number of rotatable bonds is 3. The van der Waals surface area contributed by atoms with E-state index in [4.69, 9.17) is 9.97 Å². The average Bonchev–Trinajstić information content (AvgIpc) is 3.18. The number of hydrogen-bond donors (Lipinski definition) is 0. The molecule has 1 aliphatic rings. The summed E-state index contributed by atoms with van der Waals surface area (Å²) >= 11 is 0. The largest absolute Gasteiger partial charge is 0.237 e. The minimum Gasteiger partial charge on any atom is -0.237 e. The van der Waals surface area contributed by atoms with Gasteiger partial charge in [0.1, 0.15) is 8.07 Å². The van der Waals surface area contributed by atoms with Crippen LogP contribution in [0.2, 0.25) is 13.1 Å². The van der Waals surface area contributed by atoms with Crippen LogP contribution in [0, 0.1) is 0 Å². The monoisotopic (exact) mass is 490 g/mol. The highest BCUT2D eigenvalue weighted by atomic mass is 28.3. The molecule has 0 saturated heterocycles. The summed E-state index contributed by atoms with van der Waals surface area (Å²) in [6.07, 6.45) is 0. The molecule has 0 bridgehead atoms. The zero-order valence-electron chi connectivity index (χ0n) is 20.9. The smallest absolute Gasteiger partial charge is 0.159 e. The van der Waals surface area contributed by atoms with E-state index in [9.17, 15) is 0 Å². The van der Waals surface area contributed by atoms with Crippen molar-refractivity contribution in [3.05, 3.63) is 121 Å². The molecule has 0 fully saturated rings. The third-order valence-electron chi connectivity index (χ3n) is 7.63. The highest BCUT2D eigenvalue weighted by Crippen LogP contribution is 2.38. The number of nitrogens with zero attached hydrogens (tertiary/aromatic N) is 2. The van der Waals surface area contributed by atoms with Crippen molar-refractivity contribution in [2.45, 2.75) is 13.1 Å². The van der Waals surface area contributed by atoms with E-state index in [0.29, 0.717) is 0 Å². The number of benzene rings is 5. The standard InChI is InChI=1S/C34H26N2Si/c1-37(2)30-22-28-16-10-9-15-27(28)21-29(30)31-32(25-13-7-4-8-14-25)35-33(36-34(31)37)26-19-17-24(18-20-26)23-11-5-3-6-12-23/h3-22H,1-2H3. The lowest BCUT2D eigenvalue weighted by Crippen LogP contribution is -2.51. The summed E-state index contributed by atoms with van der Waals surface area (Å²) in [6.45, 7) is 4.85. The highest BCUT2D eigenvalue weighted by molar-refractivity contribution is 7.03. The van der Waals surface area contributed by atoms with E-state index in [1.165, 1.54) is 43.5 Å². The zero-order valence-corrected chi connectivity index (χ0v) is 21.9. The molecule has 0 spiro atoms. The molecule has 0 unspecified atom stereocenters. The molecule has 0 radical (unpaired) electrons. The van der Waals surface area contributed by atoms with E-state index >= 15 is 0 Å². The van der Waals surface area contributed by atoms with E-state index < -0.39 is 8.07 Å². The fraction of sp³-hybridized carbons (Fsp3) is 0.0588. The Morgan fingerprint density at radius 1 is 0.514 bits per heavy atom. The van der Waals surface area contributed by atoms with Crippen LogP contribution in [0.4, 0.5) is 0 Å². The second-order valence-electron chi connectivity index (χ2n) is 10.3. The molecule has 0 saturated carbocycles. The number of hydrogen-bond acceptors (Lipinski definition) is 2. The van der Waals surface area contributed by atoms with Crippen LogP contribution in [0.25, 0.3) is 55.7 Å². The molecule has 5 aromatic carbocycles. The van der Waals surface area contributed by atoms with E-state index in [0.717, 1.165) is 22.6 Å². The van der Waals surface area contributed by atoms with Crippen molar-refractivity contribution in [1.82, 2.24) is 9.97 Å². The molecule has 1 aromatic heterocycles. The van der Waals surface area contributed by atoms with Crippen LogP contribution in [0.3, 0.4) is 0 Å². The first-order valence-corrected chi connectivity index (χ1v) is 15.8. The molecular weight excluding hydrogens is 464 g/mol. The van der Waals surface area contributed by atoms with Crippen molar-refractivity contribution in [1.29, 1.82) is 0 Å². The number of aromatic nitrogens is 2. The molecule has 37 heavy (non-hydrogen) atoms. The maximum Gasteiger partial charge on any atom is 0.159 e. The second kappa shape index (κ2) is 8.36. The third kappa shape index (κ3) is 3.54. The van der Waals surface area contributed by atoms with Gasteiger partial charge in [0.15, 0.2) is 5.82 Å². The summed E-state index contributed by atoms with van der Waals surface area (Å²) in [7, 11) is -2.04. The van der Waals surface area contributed by atoms with Crippen LogP contribution in [0.5, 0.6) is 0 Å². The normalized spacial score (nSPS) is 13.4. The molecule has 6 aromatic rings. The molecule has 7 rings (SSSR count). The first-order chi connectivity index (χ1) is 18.1. The Bertz CT molecular complexity index is 1770. The van der Waals surface area contributed by atoms with Crippen molar-refractivity contribution in [3.63, 3.8) is 0 Å². The molecule has 0 aliphatic carbocycles.